The largest absolute Gasteiger partial charge is 0.458 e. The van der Waals surface area contributed by atoms with Gasteiger partial charge in [0.15, 0.2) is 0 Å². The predicted molar refractivity (Wildman–Crippen MR) is 329 cm³/mol. The Hall–Kier alpha value is -8.92. The smallest absolute Gasteiger partial charge is 0.256 e. The van der Waals surface area contributed by atoms with Gasteiger partial charge in [0.2, 0.25) is 0 Å². The van der Waals surface area contributed by atoms with Gasteiger partial charge in [0, 0.05) is 22.5 Å². The van der Waals surface area contributed by atoms with Gasteiger partial charge < -0.3 is 9.64 Å². The Labute approximate surface area is 481 Å². The van der Waals surface area contributed by atoms with Gasteiger partial charge in [0.1, 0.15) is 11.5 Å². The molecule has 0 unspecified atom stereocenters. The van der Waals surface area contributed by atoms with Crippen LogP contribution in [0, 0.1) is 0 Å². The highest BCUT2D eigenvalue weighted by Crippen LogP contribution is 2.59. The lowest BCUT2D eigenvalue weighted by atomic mass is 9.34. The van der Waals surface area contributed by atoms with E-state index in [2.05, 4.69) is 107 Å². The molecule has 0 N–H and O–H groups in total. The highest BCUT2D eigenvalue weighted by molar-refractivity contribution is 6.99. The van der Waals surface area contributed by atoms with E-state index < -0.39 is 96.1 Å². The summed E-state index contributed by atoms with van der Waals surface area (Å²) in [6.07, 6.45) is 0. The number of hydrogen-bond acceptors (Lipinski definition) is 2. The van der Waals surface area contributed by atoms with Crippen molar-refractivity contribution in [2.24, 2.45) is 0 Å². The van der Waals surface area contributed by atoms with E-state index in [-0.39, 0.29) is 34.2 Å². The third-order valence-electron chi connectivity index (χ3n) is 15.9. The number of nitrogens with zero attached hydrogens (tertiary/aromatic N) is 1. The van der Waals surface area contributed by atoms with E-state index in [4.69, 9.17) is 14.3 Å². The first-order chi connectivity index (χ1) is 44.2. The molecule has 0 bridgehead atoms. The highest BCUT2D eigenvalue weighted by atomic mass is 16.5. The van der Waals surface area contributed by atoms with Crippen molar-refractivity contribution in [1.29, 1.82) is 0 Å². The van der Waals surface area contributed by atoms with Crippen molar-refractivity contribution in [2.75, 3.05) is 4.90 Å². The Bertz CT molecular complexity index is 4840. The lowest BCUT2D eigenvalue weighted by Gasteiger charge is -2.43. The van der Waals surface area contributed by atoms with E-state index in [0.717, 1.165) is 61.4 Å². The molecule has 11 aromatic rings. The van der Waals surface area contributed by atoms with Crippen molar-refractivity contribution in [3.63, 3.8) is 0 Å². The SMILES string of the molecule is [2H]c1c([2H])c([2H])c(-c2ccc3c(c2)Oc2cc(C(C)(C)C)cc4c2B3c2cc(-c3cccc5c3C(c3c([2H])c([2H])c([2H])c([2H])c3[2H])(c3c([2H])c([2H])c([2H])c([2H])c3[2H])c3ccccc3-5)ccc2N4c2c(-c3ccccc3)cc(C(C)(C)C)cc2-c2ccccc2)c([2H])c1[2H]. The minimum atomic E-state index is -2.15. The molecule has 0 saturated carbocycles. The molecule has 14 rings (SSSR count). The van der Waals surface area contributed by atoms with Gasteiger partial charge in [-0.3, -0.25) is 0 Å². The normalized spacial score (nSPS) is 16.4. The standard InChI is InChI=1S/C75H60BNO/c1-73(2,3)56-45-61(50-27-14-8-15-28-50)72(62(46-56)51-29-16-9-17-30-51)77-66-42-40-53(58-36-24-37-60-59-35-22-23-38-63(59)75(70(58)60,54-31-18-10-19-32-54)55-33-20-11-21-34-55)43-65(66)76-64-41-39-52(49-25-12-7-13-26-49)44-68(64)78-69-48-57(74(4,5)6)47-67(77)71(69)76/h7-48H,1-6H3/i7D,10D,11D,12D,13D,18D,19D,20D,21D,25D,26D,31D,32D,33D,34D. The maximum absolute atomic E-state index is 9.86. The van der Waals surface area contributed by atoms with Crippen LogP contribution in [0.3, 0.4) is 0 Å². The first-order valence-electron chi connectivity index (χ1n) is 33.9. The summed E-state index contributed by atoms with van der Waals surface area (Å²) in [4.78, 5) is 2.34. The lowest BCUT2D eigenvalue weighted by molar-refractivity contribution is 0.483. The van der Waals surface area contributed by atoms with E-state index in [1.165, 1.54) is 0 Å². The minimum absolute atomic E-state index is 0.0149. The molecule has 11 aromatic carbocycles. The second kappa shape index (κ2) is 18.1. The van der Waals surface area contributed by atoms with Crippen molar-refractivity contribution in [2.45, 2.75) is 57.8 Å². The van der Waals surface area contributed by atoms with Gasteiger partial charge in [-0.15, -0.1) is 0 Å². The van der Waals surface area contributed by atoms with Crippen LogP contribution in [0.25, 0.3) is 55.6 Å². The molecule has 0 atom stereocenters. The molecular weight excluding hydrogens is 942 g/mol. The molecule has 0 radical (unpaired) electrons. The molecule has 0 amide bonds. The maximum atomic E-state index is 9.86. The zero-order chi connectivity index (χ0) is 66.0. The van der Waals surface area contributed by atoms with E-state index in [9.17, 15) is 11.0 Å². The number of benzene rings is 11. The third-order valence-corrected chi connectivity index (χ3v) is 15.9. The molecule has 0 saturated heterocycles. The summed E-state index contributed by atoms with van der Waals surface area (Å²) >= 11 is 0. The summed E-state index contributed by atoms with van der Waals surface area (Å²) in [7, 11) is 0. The second-order valence-corrected chi connectivity index (χ2v) is 22.5. The Morgan fingerprint density at radius 3 is 1.59 bits per heavy atom. The molecule has 0 aromatic heterocycles. The Balaban J connectivity index is 1.15. The first-order valence-corrected chi connectivity index (χ1v) is 26.4. The Morgan fingerprint density at radius 1 is 0.410 bits per heavy atom. The van der Waals surface area contributed by atoms with Crippen molar-refractivity contribution < 1.29 is 25.3 Å². The molecule has 1 aliphatic carbocycles. The van der Waals surface area contributed by atoms with E-state index in [0.29, 0.717) is 55.9 Å². The topological polar surface area (TPSA) is 12.5 Å². The van der Waals surface area contributed by atoms with Crippen molar-refractivity contribution in [3.8, 4) is 67.1 Å². The molecule has 0 fully saturated rings. The van der Waals surface area contributed by atoms with Gasteiger partial charge in [-0.25, -0.2) is 0 Å². The van der Waals surface area contributed by atoms with Crippen molar-refractivity contribution in [3.05, 3.63) is 288 Å². The molecule has 2 aliphatic heterocycles. The monoisotopic (exact) mass is 1020 g/mol. The van der Waals surface area contributed by atoms with Gasteiger partial charge in [-0.05, 0) is 142 Å². The molecule has 2 nitrogen and oxygen atoms in total. The van der Waals surface area contributed by atoms with Crippen LogP contribution in [-0.2, 0) is 16.2 Å². The van der Waals surface area contributed by atoms with Crippen LogP contribution in [0.4, 0.5) is 17.1 Å². The lowest BCUT2D eigenvalue weighted by Crippen LogP contribution is -2.59. The number of anilines is 3. The summed E-state index contributed by atoms with van der Waals surface area (Å²) in [5, 5.41) is 0. The van der Waals surface area contributed by atoms with Crippen LogP contribution in [-0.4, -0.2) is 6.71 Å². The van der Waals surface area contributed by atoms with Gasteiger partial charge >= 0.3 is 0 Å². The Kier molecular flexibility index (Phi) is 7.89. The van der Waals surface area contributed by atoms with Crippen molar-refractivity contribution in [1.82, 2.24) is 0 Å². The number of rotatable bonds is 7. The van der Waals surface area contributed by atoms with Gasteiger partial charge in [-0.2, -0.15) is 0 Å². The van der Waals surface area contributed by atoms with Crippen molar-refractivity contribution >= 4 is 40.2 Å². The fourth-order valence-electron chi connectivity index (χ4n) is 12.2. The van der Waals surface area contributed by atoms with Gasteiger partial charge in [0.25, 0.3) is 6.71 Å². The fourth-order valence-corrected chi connectivity index (χ4v) is 12.2. The number of hydrogen-bond donors (Lipinski definition) is 0. The maximum Gasteiger partial charge on any atom is 0.256 e. The highest BCUT2D eigenvalue weighted by Gasteiger charge is 2.49. The summed E-state index contributed by atoms with van der Waals surface area (Å²) in [6.45, 7) is 12.4. The molecular formula is C75H60BNO. The van der Waals surface area contributed by atoms with Gasteiger partial charge in [0.05, 0.1) is 31.7 Å². The molecule has 0 spiro atoms. The average molecular weight is 1020 g/mol. The zero-order valence-corrected chi connectivity index (χ0v) is 44.0. The fraction of sp³-hybridized carbons (Fsp3) is 0.120. The van der Waals surface area contributed by atoms with Crippen LogP contribution in [0.15, 0.2) is 254 Å². The summed E-state index contributed by atoms with van der Waals surface area (Å²) in [5.41, 5.74) is 10.4. The zero-order valence-electron chi connectivity index (χ0n) is 59.0. The number of fused-ring (bicyclic) bond motifs is 7. The van der Waals surface area contributed by atoms with Crippen LogP contribution >= 0.6 is 0 Å². The molecule has 78 heavy (non-hydrogen) atoms. The van der Waals surface area contributed by atoms with Crippen LogP contribution in [0.2, 0.25) is 0 Å². The minimum Gasteiger partial charge on any atom is -0.458 e. The second-order valence-electron chi connectivity index (χ2n) is 22.5. The quantitative estimate of drug-likeness (QED) is 0.148. The van der Waals surface area contributed by atoms with Gasteiger partial charge in [-0.1, -0.05) is 260 Å². The summed E-state index contributed by atoms with van der Waals surface area (Å²) < 4.78 is 145. The van der Waals surface area contributed by atoms with Crippen LogP contribution in [0.5, 0.6) is 11.5 Å². The predicted octanol–water partition coefficient (Wildman–Crippen LogP) is 17.7. The van der Waals surface area contributed by atoms with E-state index >= 15 is 0 Å². The summed E-state index contributed by atoms with van der Waals surface area (Å²) in [5.74, 6) is 0.918. The molecule has 374 valence electrons. The van der Waals surface area contributed by atoms with E-state index in [1.807, 2.05) is 78.9 Å². The Morgan fingerprint density at radius 2 is 0.962 bits per heavy atom. The molecule has 2 heterocycles. The molecule has 3 heteroatoms. The van der Waals surface area contributed by atoms with Crippen LogP contribution in [0.1, 0.15) is 95.5 Å². The average Bonchev–Trinajstić information content (AvgIpc) is 1.60. The van der Waals surface area contributed by atoms with Crippen LogP contribution < -0.4 is 26.0 Å². The number of ether oxygens (including phenoxy) is 1. The molecule has 3 aliphatic rings. The third kappa shape index (κ3) is 7.47. The first kappa shape index (κ1) is 34.0. The van der Waals surface area contributed by atoms with E-state index in [1.54, 1.807) is 24.3 Å². The summed E-state index contributed by atoms with van der Waals surface area (Å²) in [6, 6.07) is 45.3.